The van der Waals surface area contributed by atoms with Crippen LogP contribution in [-0.4, -0.2) is 17.4 Å². The van der Waals surface area contributed by atoms with Crippen molar-refractivity contribution in [3.8, 4) is 11.8 Å². The van der Waals surface area contributed by atoms with Crippen LogP contribution in [-0.2, 0) is 11.2 Å². The number of carboxylic acids is 1. The van der Waals surface area contributed by atoms with Gasteiger partial charge in [-0.25, -0.2) is 8.78 Å². The summed E-state index contributed by atoms with van der Waals surface area (Å²) < 4.78 is 65.3. The van der Waals surface area contributed by atoms with E-state index < -0.39 is 42.1 Å². The molecule has 20 heavy (non-hydrogen) atoms. The molecule has 1 aromatic rings. The van der Waals surface area contributed by atoms with Gasteiger partial charge in [0.2, 0.25) is 0 Å². The molecule has 0 aliphatic carbocycles. The fraction of sp³-hybridized carbons (Fsp3) is 0.273. The Morgan fingerprint density at radius 2 is 2.00 bits per heavy atom. The highest BCUT2D eigenvalue weighted by molar-refractivity contribution is 5.72. The summed E-state index contributed by atoms with van der Waals surface area (Å²) in [6.45, 7) is 0. The first-order chi connectivity index (χ1) is 9.15. The lowest BCUT2D eigenvalue weighted by molar-refractivity contribution is -0.275. The topological polar surface area (TPSA) is 70.3 Å². The summed E-state index contributed by atoms with van der Waals surface area (Å²) in [5.74, 6) is -2.79. The minimum Gasteiger partial charge on any atom is -0.481 e. The SMILES string of the molecule is N#Cc1c(CC(=O)O)ccc(C(F)F)c1OC(F)(F)F. The number of nitriles is 1. The molecule has 0 atom stereocenters. The van der Waals surface area contributed by atoms with Gasteiger partial charge in [0.1, 0.15) is 6.07 Å². The highest BCUT2D eigenvalue weighted by atomic mass is 19.4. The van der Waals surface area contributed by atoms with E-state index in [0.717, 1.165) is 6.07 Å². The van der Waals surface area contributed by atoms with E-state index in [1.165, 1.54) is 6.07 Å². The Morgan fingerprint density at radius 3 is 2.40 bits per heavy atom. The second kappa shape index (κ2) is 5.73. The van der Waals surface area contributed by atoms with Crippen LogP contribution in [0.1, 0.15) is 23.1 Å². The average molecular weight is 295 g/mol. The Bertz CT molecular complexity index is 562. The van der Waals surface area contributed by atoms with Crippen molar-refractivity contribution in [3.63, 3.8) is 0 Å². The lowest BCUT2D eigenvalue weighted by Gasteiger charge is -2.16. The van der Waals surface area contributed by atoms with Crippen molar-refractivity contribution in [2.24, 2.45) is 0 Å². The summed E-state index contributed by atoms with van der Waals surface area (Å²) in [6.07, 6.45) is -9.38. The minimum atomic E-state index is -5.28. The molecule has 4 nitrogen and oxygen atoms in total. The Morgan fingerprint density at radius 1 is 1.40 bits per heavy atom. The van der Waals surface area contributed by atoms with Crippen LogP contribution in [0.2, 0.25) is 0 Å². The van der Waals surface area contributed by atoms with Gasteiger partial charge in [0.05, 0.1) is 17.5 Å². The number of ether oxygens (including phenoxy) is 1. The summed E-state index contributed by atoms with van der Waals surface area (Å²) in [6, 6.07) is 2.73. The maximum absolute atomic E-state index is 12.6. The van der Waals surface area contributed by atoms with Crippen molar-refractivity contribution in [2.45, 2.75) is 19.2 Å². The molecule has 0 unspecified atom stereocenters. The van der Waals surface area contributed by atoms with Crippen LogP contribution in [0.4, 0.5) is 22.0 Å². The van der Waals surface area contributed by atoms with Crippen LogP contribution in [0.5, 0.6) is 5.75 Å². The second-order valence-electron chi connectivity index (χ2n) is 3.55. The molecule has 0 spiro atoms. The lowest BCUT2D eigenvalue weighted by atomic mass is 10.0. The van der Waals surface area contributed by atoms with E-state index in [4.69, 9.17) is 10.4 Å². The molecule has 0 saturated heterocycles. The van der Waals surface area contributed by atoms with E-state index in [-0.39, 0.29) is 5.56 Å². The number of carboxylic acid groups (broad SMARTS) is 1. The first-order valence-corrected chi connectivity index (χ1v) is 4.97. The molecule has 108 valence electrons. The smallest absolute Gasteiger partial charge is 0.481 e. The van der Waals surface area contributed by atoms with Crippen molar-refractivity contribution >= 4 is 5.97 Å². The predicted molar refractivity (Wildman–Crippen MR) is 54.1 cm³/mol. The molecule has 0 aromatic heterocycles. The zero-order chi connectivity index (χ0) is 15.5. The highest BCUT2D eigenvalue weighted by Gasteiger charge is 2.35. The molecule has 0 fully saturated rings. The van der Waals surface area contributed by atoms with Gasteiger partial charge in [0.15, 0.2) is 5.75 Å². The molecule has 0 aliphatic rings. The van der Waals surface area contributed by atoms with Crippen LogP contribution >= 0.6 is 0 Å². The van der Waals surface area contributed by atoms with Gasteiger partial charge in [-0.2, -0.15) is 5.26 Å². The first kappa shape index (κ1) is 15.7. The Kier molecular flexibility index (Phi) is 4.49. The first-order valence-electron chi connectivity index (χ1n) is 4.97. The van der Waals surface area contributed by atoms with E-state index in [2.05, 4.69) is 4.74 Å². The third-order valence-electron chi connectivity index (χ3n) is 2.18. The summed E-state index contributed by atoms with van der Waals surface area (Å²) in [5.41, 5.74) is -2.35. The van der Waals surface area contributed by atoms with Crippen molar-refractivity contribution in [2.75, 3.05) is 0 Å². The van der Waals surface area contributed by atoms with Crippen LogP contribution < -0.4 is 4.74 Å². The number of hydrogen-bond acceptors (Lipinski definition) is 3. The Balaban J connectivity index is 3.47. The number of aliphatic carboxylic acids is 1. The molecule has 1 rings (SSSR count). The van der Waals surface area contributed by atoms with E-state index in [9.17, 15) is 26.7 Å². The summed E-state index contributed by atoms with van der Waals surface area (Å²) >= 11 is 0. The number of carbonyl (C=O) groups is 1. The van der Waals surface area contributed by atoms with Gasteiger partial charge in [-0.3, -0.25) is 4.79 Å². The molecule has 0 heterocycles. The monoisotopic (exact) mass is 295 g/mol. The molecular formula is C11H6F5NO3. The molecule has 0 amide bonds. The van der Waals surface area contributed by atoms with Crippen LogP contribution in [0, 0.1) is 11.3 Å². The average Bonchev–Trinajstić information content (AvgIpc) is 2.25. The maximum atomic E-state index is 12.6. The van der Waals surface area contributed by atoms with Gasteiger partial charge < -0.3 is 9.84 Å². The summed E-state index contributed by atoms with van der Waals surface area (Å²) in [4.78, 5) is 10.5. The third-order valence-corrected chi connectivity index (χ3v) is 2.18. The molecule has 0 aliphatic heterocycles. The minimum absolute atomic E-state index is 0.344. The van der Waals surface area contributed by atoms with Gasteiger partial charge in [-0.1, -0.05) is 6.07 Å². The van der Waals surface area contributed by atoms with Gasteiger partial charge in [-0.15, -0.1) is 13.2 Å². The van der Waals surface area contributed by atoms with Gasteiger partial charge in [-0.05, 0) is 11.6 Å². The quantitative estimate of drug-likeness (QED) is 0.867. The fourth-order valence-electron chi connectivity index (χ4n) is 1.47. The second-order valence-corrected chi connectivity index (χ2v) is 3.55. The molecule has 9 heteroatoms. The highest BCUT2D eigenvalue weighted by Crippen LogP contribution is 2.37. The predicted octanol–water partition coefficient (Wildman–Crippen LogP) is 3.02. The number of hydrogen-bond donors (Lipinski definition) is 1. The van der Waals surface area contributed by atoms with Crippen molar-refractivity contribution < 1.29 is 36.6 Å². The molecule has 0 radical (unpaired) electrons. The number of halogens is 5. The molecule has 0 bridgehead atoms. The van der Waals surface area contributed by atoms with E-state index in [0.29, 0.717) is 6.07 Å². The normalized spacial score (nSPS) is 11.2. The van der Waals surface area contributed by atoms with Crippen molar-refractivity contribution in [1.29, 1.82) is 5.26 Å². The number of benzene rings is 1. The molecular weight excluding hydrogens is 289 g/mol. The van der Waals surface area contributed by atoms with E-state index in [1.54, 1.807) is 0 Å². The standard InChI is InChI=1S/C11H6F5NO3/c12-10(13)6-2-1-5(3-8(18)19)7(4-17)9(6)20-11(14,15)16/h1-2,10H,3H2,(H,18,19). The van der Waals surface area contributed by atoms with Crippen LogP contribution in [0.15, 0.2) is 12.1 Å². The maximum Gasteiger partial charge on any atom is 0.573 e. The Labute approximate surface area is 109 Å². The van der Waals surface area contributed by atoms with Crippen molar-refractivity contribution in [1.82, 2.24) is 0 Å². The van der Waals surface area contributed by atoms with Gasteiger partial charge in [0.25, 0.3) is 6.43 Å². The van der Waals surface area contributed by atoms with Crippen LogP contribution in [0.25, 0.3) is 0 Å². The zero-order valence-corrected chi connectivity index (χ0v) is 9.54. The van der Waals surface area contributed by atoms with Crippen molar-refractivity contribution in [3.05, 3.63) is 28.8 Å². The molecule has 0 saturated carbocycles. The number of rotatable bonds is 4. The van der Waals surface area contributed by atoms with E-state index in [1.807, 2.05) is 0 Å². The summed E-state index contributed by atoms with van der Waals surface area (Å²) in [7, 11) is 0. The van der Waals surface area contributed by atoms with Gasteiger partial charge in [0, 0.05) is 0 Å². The number of alkyl halides is 5. The molecule has 1 aromatic carbocycles. The third kappa shape index (κ3) is 3.81. The zero-order valence-electron chi connectivity index (χ0n) is 9.54. The molecule has 1 N–H and O–H groups in total. The fourth-order valence-corrected chi connectivity index (χ4v) is 1.47. The number of nitrogens with zero attached hydrogens (tertiary/aromatic N) is 1. The summed E-state index contributed by atoms with van der Waals surface area (Å²) in [5, 5.41) is 17.3. The Hall–Kier alpha value is -2.37. The lowest BCUT2D eigenvalue weighted by Crippen LogP contribution is -2.20. The van der Waals surface area contributed by atoms with Gasteiger partial charge >= 0.3 is 12.3 Å². The van der Waals surface area contributed by atoms with Crippen LogP contribution in [0.3, 0.4) is 0 Å². The largest absolute Gasteiger partial charge is 0.573 e. The van der Waals surface area contributed by atoms with E-state index >= 15 is 0 Å².